The quantitative estimate of drug-likeness (QED) is 0.130. The Labute approximate surface area is 293 Å². The number of unbranched alkanes of at least 4 members (excludes halogenated alkanes) is 1. The van der Waals surface area contributed by atoms with E-state index in [-0.39, 0.29) is 48.2 Å². The molecular formula is C38H49ClN4O4S. The number of aryl methyl sites for hydroxylation is 1. The minimum absolute atomic E-state index is 0.00606. The zero-order valence-electron chi connectivity index (χ0n) is 28.0. The molecule has 1 fully saturated rings. The molecule has 48 heavy (non-hydrogen) atoms. The summed E-state index contributed by atoms with van der Waals surface area (Å²) in [6.45, 7) is 2.32. The number of carbonyl (C=O) groups excluding carboxylic acids is 4. The first kappa shape index (κ1) is 36.1. The highest BCUT2D eigenvalue weighted by Gasteiger charge is 2.36. The molecule has 0 unspecified atom stereocenters. The second kappa shape index (κ2) is 17.5. The highest BCUT2D eigenvalue weighted by atomic mass is 35.5. The van der Waals surface area contributed by atoms with Crippen LogP contribution in [-0.2, 0) is 32.0 Å². The number of halogens is 1. The van der Waals surface area contributed by atoms with Crippen LogP contribution in [0.5, 0.6) is 0 Å². The van der Waals surface area contributed by atoms with Crippen molar-refractivity contribution in [3.05, 3.63) is 63.6 Å². The van der Waals surface area contributed by atoms with Crippen molar-refractivity contribution in [2.75, 3.05) is 6.54 Å². The van der Waals surface area contributed by atoms with E-state index in [2.05, 4.69) is 22.8 Å². The van der Waals surface area contributed by atoms with Gasteiger partial charge in [-0.25, -0.2) is 4.98 Å². The lowest BCUT2D eigenvalue weighted by atomic mass is 9.85. The molecule has 4 N–H and O–H groups in total. The number of ketones is 2. The van der Waals surface area contributed by atoms with E-state index in [0.717, 1.165) is 78.6 Å². The zero-order valence-corrected chi connectivity index (χ0v) is 29.6. The second-order valence-electron chi connectivity index (χ2n) is 13.6. The summed E-state index contributed by atoms with van der Waals surface area (Å²) >= 11 is 7.65. The topological polar surface area (TPSA) is 131 Å². The van der Waals surface area contributed by atoms with Crippen LogP contribution in [-0.4, -0.2) is 41.0 Å². The predicted molar refractivity (Wildman–Crippen MR) is 192 cm³/mol. The van der Waals surface area contributed by atoms with Gasteiger partial charge in [0.25, 0.3) is 0 Å². The van der Waals surface area contributed by atoms with Gasteiger partial charge in [0.2, 0.25) is 11.8 Å². The van der Waals surface area contributed by atoms with Gasteiger partial charge < -0.3 is 16.4 Å². The van der Waals surface area contributed by atoms with E-state index in [4.69, 9.17) is 22.3 Å². The molecule has 4 atom stereocenters. The van der Waals surface area contributed by atoms with Crippen molar-refractivity contribution in [1.29, 1.82) is 0 Å². The Balaban J connectivity index is 1.32. The molecular weight excluding hydrogens is 644 g/mol. The van der Waals surface area contributed by atoms with Gasteiger partial charge in [0.15, 0.2) is 5.78 Å². The maximum Gasteiger partial charge on any atom is 0.224 e. The summed E-state index contributed by atoms with van der Waals surface area (Å²) in [6, 6.07) is 13.0. The first-order valence-corrected chi connectivity index (χ1v) is 18.9. The van der Waals surface area contributed by atoms with Crippen LogP contribution >= 0.6 is 22.9 Å². The third-order valence-electron chi connectivity index (χ3n) is 10.1. The Hall–Kier alpha value is -3.14. The van der Waals surface area contributed by atoms with Gasteiger partial charge in [-0.2, -0.15) is 0 Å². The molecule has 2 aliphatic rings. The summed E-state index contributed by atoms with van der Waals surface area (Å²) in [6.07, 6.45) is 9.40. The van der Waals surface area contributed by atoms with Crippen LogP contribution in [0.15, 0.2) is 42.5 Å². The molecule has 0 saturated heterocycles. The summed E-state index contributed by atoms with van der Waals surface area (Å²) in [5, 5.41) is 7.77. The molecule has 0 aliphatic heterocycles. The van der Waals surface area contributed by atoms with Gasteiger partial charge in [-0.15, -0.1) is 11.3 Å². The first-order chi connectivity index (χ1) is 23.2. The number of nitrogens with one attached hydrogen (secondary N) is 2. The molecule has 0 spiro atoms. The molecule has 0 bridgehead atoms. The third kappa shape index (κ3) is 9.51. The maximum atomic E-state index is 14.2. The van der Waals surface area contributed by atoms with Crippen LogP contribution in [0.1, 0.15) is 106 Å². The Morgan fingerprint density at radius 3 is 2.54 bits per heavy atom. The third-order valence-corrected chi connectivity index (χ3v) is 11.4. The van der Waals surface area contributed by atoms with Crippen LogP contribution in [0.25, 0.3) is 10.2 Å². The maximum absolute atomic E-state index is 14.2. The highest BCUT2D eigenvalue weighted by Crippen LogP contribution is 2.33. The molecule has 1 aromatic heterocycles. The normalized spacial score (nSPS) is 18.2. The molecule has 1 saturated carbocycles. The second-order valence-corrected chi connectivity index (χ2v) is 15.1. The Morgan fingerprint density at radius 1 is 0.979 bits per heavy atom. The average molecular weight is 693 g/mol. The van der Waals surface area contributed by atoms with E-state index in [9.17, 15) is 19.2 Å². The van der Waals surface area contributed by atoms with E-state index in [1.165, 1.54) is 16.9 Å². The Morgan fingerprint density at radius 2 is 1.77 bits per heavy atom. The largest absolute Gasteiger partial charge is 0.349 e. The lowest BCUT2D eigenvalue weighted by Crippen LogP contribution is -2.49. The fraction of sp³-hybridized carbons (Fsp3) is 0.553. The predicted octanol–water partition coefficient (Wildman–Crippen LogP) is 7.05. The van der Waals surface area contributed by atoms with Crippen molar-refractivity contribution in [1.82, 2.24) is 15.6 Å². The monoisotopic (exact) mass is 692 g/mol. The van der Waals surface area contributed by atoms with Gasteiger partial charge >= 0.3 is 0 Å². The summed E-state index contributed by atoms with van der Waals surface area (Å²) in [7, 11) is 0. The molecule has 0 radical (unpaired) electrons. The number of aromatic nitrogens is 1. The number of benzene rings is 2. The number of Topliss-reactive ketones (excluding diaryl/α,β-unsaturated/α-hetero) is 2. The molecule has 2 aromatic carbocycles. The van der Waals surface area contributed by atoms with Crippen LogP contribution in [0.4, 0.5) is 0 Å². The van der Waals surface area contributed by atoms with Gasteiger partial charge in [0.05, 0.1) is 33.2 Å². The van der Waals surface area contributed by atoms with Gasteiger partial charge in [-0.3, -0.25) is 19.2 Å². The fourth-order valence-electron chi connectivity index (χ4n) is 7.37. The molecule has 1 heterocycles. The minimum atomic E-state index is -0.700. The number of hydrogen-bond acceptors (Lipinski definition) is 7. The van der Waals surface area contributed by atoms with Crippen molar-refractivity contribution in [2.45, 2.75) is 109 Å². The zero-order chi connectivity index (χ0) is 34.0. The van der Waals surface area contributed by atoms with Gasteiger partial charge in [-0.05, 0) is 86.7 Å². The first-order valence-electron chi connectivity index (χ1n) is 17.7. The minimum Gasteiger partial charge on any atom is -0.349 e. The Bertz CT molecular complexity index is 1590. The summed E-state index contributed by atoms with van der Waals surface area (Å²) in [5.41, 5.74) is 9.01. The van der Waals surface area contributed by atoms with Crippen molar-refractivity contribution >= 4 is 56.5 Å². The number of nitrogens with two attached hydrogens (primary N) is 1. The number of hydrogen-bond donors (Lipinski definition) is 3. The molecule has 2 aliphatic carbocycles. The van der Waals surface area contributed by atoms with Crippen LogP contribution in [0.3, 0.4) is 0 Å². The fourth-order valence-corrected chi connectivity index (χ4v) is 8.69. The molecule has 258 valence electrons. The smallest absolute Gasteiger partial charge is 0.224 e. The summed E-state index contributed by atoms with van der Waals surface area (Å²) in [4.78, 5) is 59.4. The van der Waals surface area contributed by atoms with Gasteiger partial charge in [-0.1, -0.05) is 62.1 Å². The summed E-state index contributed by atoms with van der Waals surface area (Å²) in [5.74, 6) is -1.69. The van der Waals surface area contributed by atoms with E-state index in [1.54, 1.807) is 13.0 Å². The number of nitrogens with zero attached hydrogens (tertiary/aromatic N) is 1. The molecule has 2 amide bonds. The number of fused-ring (bicyclic) bond motifs is 2. The van der Waals surface area contributed by atoms with Crippen molar-refractivity contribution < 1.29 is 19.2 Å². The Kier molecular flexibility index (Phi) is 13.2. The van der Waals surface area contributed by atoms with Gasteiger partial charge in [0, 0.05) is 36.6 Å². The number of thiazole rings is 1. The van der Waals surface area contributed by atoms with Crippen molar-refractivity contribution in [3.8, 4) is 0 Å². The van der Waals surface area contributed by atoms with E-state index in [1.807, 2.05) is 24.3 Å². The van der Waals surface area contributed by atoms with Crippen molar-refractivity contribution in [2.24, 2.45) is 23.5 Å². The van der Waals surface area contributed by atoms with Crippen LogP contribution < -0.4 is 16.4 Å². The van der Waals surface area contributed by atoms with Crippen molar-refractivity contribution in [3.63, 3.8) is 0 Å². The number of carbonyl (C=O) groups is 4. The molecule has 10 heteroatoms. The van der Waals surface area contributed by atoms with E-state index < -0.39 is 17.9 Å². The lowest BCUT2D eigenvalue weighted by molar-refractivity contribution is -0.135. The average Bonchev–Trinajstić information content (AvgIpc) is 3.76. The van der Waals surface area contributed by atoms with Gasteiger partial charge in [0.1, 0.15) is 5.78 Å². The highest BCUT2D eigenvalue weighted by molar-refractivity contribution is 7.18. The standard InChI is InChI=1S/C38H49ClN4O4S/c1-2-29(44)20-27(22-35-41-32-18-17-28(39)23-34(32)48-35)38(47)43-36(25-11-3-4-12-25)33(45)21-26(13-7-8-19-40)37(46)42-31-16-9-14-24-10-5-6-15-30(24)31/h5-6,10,15,17-18,23,25-27,31,36H,2-4,7-9,11-14,16,19-22,40H2,1H3,(H,42,46)(H,43,47)/t26-,27+,31-,36+/m1/s1. The number of amides is 2. The molecule has 5 rings (SSSR count). The van der Waals surface area contributed by atoms with E-state index >= 15 is 0 Å². The van der Waals surface area contributed by atoms with Crippen LogP contribution in [0, 0.1) is 17.8 Å². The van der Waals surface area contributed by atoms with E-state index in [0.29, 0.717) is 30.8 Å². The SMILES string of the molecule is CCC(=O)C[C@@H](Cc1nc2ccc(Cl)cc2s1)C(=O)N[C@H](C(=O)C[C@@H](CCCCN)C(=O)N[C@@H]1CCCc2ccccc21)C1CCCC1. The van der Waals surface area contributed by atoms with Crippen LogP contribution in [0.2, 0.25) is 5.02 Å². The summed E-state index contributed by atoms with van der Waals surface area (Å²) < 4.78 is 0.924. The molecule has 8 nitrogen and oxygen atoms in total. The molecule has 3 aromatic rings. The lowest BCUT2D eigenvalue weighted by Gasteiger charge is -2.30. The number of rotatable bonds is 17.